The van der Waals surface area contributed by atoms with Gasteiger partial charge in [0.05, 0.1) is 18.5 Å². The van der Waals surface area contributed by atoms with Gasteiger partial charge in [0.1, 0.15) is 17.2 Å². The fourth-order valence-electron chi connectivity index (χ4n) is 3.00. The monoisotopic (exact) mass is 441 g/mol. The lowest BCUT2D eigenvalue weighted by atomic mass is 10.2. The number of nitrogens with zero attached hydrogens (tertiary/aromatic N) is 4. The van der Waals surface area contributed by atoms with Crippen molar-refractivity contribution >= 4 is 34.4 Å². The molecular weight excluding hydrogens is 424 g/mol. The Kier molecular flexibility index (Phi) is 5.81. The number of anilines is 1. The van der Waals surface area contributed by atoms with Crippen LogP contribution in [0.5, 0.6) is 0 Å². The van der Waals surface area contributed by atoms with Crippen molar-refractivity contribution in [1.29, 1.82) is 0 Å². The van der Waals surface area contributed by atoms with Gasteiger partial charge in [0, 0.05) is 12.7 Å². The summed E-state index contributed by atoms with van der Waals surface area (Å²) < 4.78 is 29.5. The van der Waals surface area contributed by atoms with Gasteiger partial charge in [-0.05, 0) is 35.9 Å². The Bertz CT molecular complexity index is 1320. The van der Waals surface area contributed by atoms with Crippen molar-refractivity contribution in [3.8, 4) is 0 Å². The third-order valence-electron chi connectivity index (χ3n) is 4.40. The number of hydrogen-bond acceptors (Lipinski definition) is 5. The van der Waals surface area contributed by atoms with Gasteiger partial charge in [0.2, 0.25) is 5.91 Å². The molecule has 2 aromatic heterocycles. The summed E-state index contributed by atoms with van der Waals surface area (Å²) in [4.78, 5) is 29.8. The molecule has 10 heteroatoms. The van der Waals surface area contributed by atoms with Gasteiger partial charge < -0.3 is 5.32 Å². The van der Waals surface area contributed by atoms with E-state index < -0.39 is 5.82 Å². The van der Waals surface area contributed by atoms with E-state index in [-0.39, 0.29) is 35.1 Å². The Morgan fingerprint density at radius 2 is 1.90 bits per heavy atom. The molecule has 2 aromatic carbocycles. The normalized spacial score (nSPS) is 11.1. The van der Waals surface area contributed by atoms with Crippen molar-refractivity contribution in [1.82, 2.24) is 19.3 Å². The molecule has 0 aliphatic carbocycles. The number of rotatable bonds is 6. The molecule has 0 atom stereocenters. The fraction of sp³-hybridized carbons (Fsp3) is 0.143. The maximum Gasteiger partial charge on any atom is 0.282 e. The van der Waals surface area contributed by atoms with Crippen LogP contribution >= 0.6 is 11.8 Å². The van der Waals surface area contributed by atoms with Gasteiger partial charge in [-0.3, -0.25) is 18.8 Å². The first-order valence-electron chi connectivity index (χ1n) is 9.26. The first kappa shape index (κ1) is 20.7. The van der Waals surface area contributed by atoms with Crippen molar-refractivity contribution in [2.24, 2.45) is 7.05 Å². The number of aryl methyl sites for hydroxylation is 1. The second-order valence-corrected chi connectivity index (χ2v) is 7.74. The summed E-state index contributed by atoms with van der Waals surface area (Å²) in [5.41, 5.74) is 1.30. The molecule has 0 saturated carbocycles. The Labute approximate surface area is 179 Å². The molecule has 4 rings (SSSR count). The molecule has 0 saturated heterocycles. The lowest BCUT2D eigenvalue weighted by Crippen LogP contribution is -2.25. The van der Waals surface area contributed by atoms with Crippen LogP contribution in [0.4, 0.5) is 14.5 Å². The van der Waals surface area contributed by atoms with Crippen LogP contribution in [0.2, 0.25) is 0 Å². The smallest absolute Gasteiger partial charge is 0.282 e. The minimum absolute atomic E-state index is 0.0435. The van der Waals surface area contributed by atoms with Gasteiger partial charge in [-0.15, -0.1) is 0 Å². The highest BCUT2D eigenvalue weighted by atomic mass is 32.2. The minimum atomic E-state index is -0.456. The van der Waals surface area contributed by atoms with E-state index in [1.54, 1.807) is 31.4 Å². The molecule has 158 valence electrons. The van der Waals surface area contributed by atoms with Gasteiger partial charge in [-0.2, -0.15) is 5.10 Å². The van der Waals surface area contributed by atoms with Crippen molar-refractivity contribution < 1.29 is 13.6 Å². The minimum Gasteiger partial charge on any atom is -0.325 e. The van der Waals surface area contributed by atoms with E-state index in [0.29, 0.717) is 21.9 Å². The predicted molar refractivity (Wildman–Crippen MR) is 114 cm³/mol. The van der Waals surface area contributed by atoms with Gasteiger partial charge >= 0.3 is 0 Å². The van der Waals surface area contributed by atoms with Crippen LogP contribution in [0.25, 0.3) is 11.0 Å². The number of amides is 1. The van der Waals surface area contributed by atoms with E-state index in [0.717, 1.165) is 11.8 Å². The molecule has 1 amide bonds. The summed E-state index contributed by atoms with van der Waals surface area (Å²) in [5, 5.41) is 7.10. The number of hydrogen-bond donors (Lipinski definition) is 1. The van der Waals surface area contributed by atoms with Crippen LogP contribution in [0.1, 0.15) is 5.56 Å². The Hall–Kier alpha value is -3.53. The quantitative estimate of drug-likeness (QED) is 0.367. The second-order valence-electron chi connectivity index (χ2n) is 6.80. The molecular formula is C21H17F2N5O2S. The molecule has 7 nitrogen and oxygen atoms in total. The number of fused-ring (bicyclic) bond motifs is 1. The number of halogens is 2. The number of carbonyl (C=O) groups excluding carboxylic acids is 1. The zero-order valence-corrected chi connectivity index (χ0v) is 17.2. The number of aromatic nitrogens is 4. The first-order chi connectivity index (χ1) is 14.9. The third-order valence-corrected chi connectivity index (χ3v) is 5.38. The number of carbonyl (C=O) groups is 1. The summed E-state index contributed by atoms with van der Waals surface area (Å²) in [6.07, 6.45) is 1.62. The van der Waals surface area contributed by atoms with Crippen molar-refractivity contribution in [2.45, 2.75) is 11.7 Å². The zero-order valence-electron chi connectivity index (χ0n) is 16.4. The largest absolute Gasteiger partial charge is 0.325 e. The predicted octanol–water partition coefficient (Wildman–Crippen LogP) is 3.19. The van der Waals surface area contributed by atoms with Crippen LogP contribution < -0.4 is 10.9 Å². The molecule has 0 bridgehead atoms. The standard InChI is InChI=1S/C21H17F2N5O2S/c1-27-11-17-19(26-27)20(30)28(10-13-5-7-14(22)8-6-13)21(25-17)31-12-18(29)24-16-4-2-3-15(23)9-16/h2-9,11H,10,12H2,1H3,(H,24,29). The van der Waals surface area contributed by atoms with E-state index in [1.165, 1.54) is 39.6 Å². The van der Waals surface area contributed by atoms with Crippen molar-refractivity contribution in [2.75, 3.05) is 11.1 Å². The topological polar surface area (TPSA) is 81.8 Å². The Morgan fingerprint density at radius 3 is 2.65 bits per heavy atom. The van der Waals surface area contributed by atoms with Crippen LogP contribution in [-0.2, 0) is 18.4 Å². The van der Waals surface area contributed by atoms with Crippen LogP contribution in [0.15, 0.2) is 64.7 Å². The summed E-state index contributed by atoms with van der Waals surface area (Å²) >= 11 is 1.07. The van der Waals surface area contributed by atoms with Gasteiger partial charge in [0.25, 0.3) is 5.56 Å². The molecule has 0 aliphatic heterocycles. The highest BCUT2D eigenvalue weighted by molar-refractivity contribution is 7.99. The van der Waals surface area contributed by atoms with E-state index >= 15 is 0 Å². The van der Waals surface area contributed by atoms with Gasteiger partial charge in [0.15, 0.2) is 10.7 Å². The van der Waals surface area contributed by atoms with Crippen molar-refractivity contribution in [3.63, 3.8) is 0 Å². The molecule has 2 heterocycles. The number of nitrogens with one attached hydrogen (secondary N) is 1. The maximum atomic E-state index is 13.3. The molecule has 4 aromatic rings. The number of thioether (sulfide) groups is 1. The van der Waals surface area contributed by atoms with E-state index in [4.69, 9.17) is 0 Å². The molecule has 0 radical (unpaired) electrons. The lowest BCUT2D eigenvalue weighted by Gasteiger charge is -2.12. The molecule has 0 unspecified atom stereocenters. The first-order valence-corrected chi connectivity index (χ1v) is 10.2. The molecule has 0 spiro atoms. The van der Waals surface area contributed by atoms with Crippen LogP contribution in [-0.4, -0.2) is 31.0 Å². The number of benzene rings is 2. The van der Waals surface area contributed by atoms with E-state index in [1.807, 2.05) is 0 Å². The average Bonchev–Trinajstić information content (AvgIpc) is 3.11. The van der Waals surface area contributed by atoms with Crippen molar-refractivity contribution in [3.05, 3.63) is 82.3 Å². The second kappa shape index (κ2) is 8.68. The zero-order chi connectivity index (χ0) is 22.0. The van der Waals surface area contributed by atoms with Gasteiger partial charge in [-0.1, -0.05) is 30.0 Å². The summed E-state index contributed by atoms with van der Waals surface area (Å²) in [6, 6.07) is 11.4. The maximum absolute atomic E-state index is 13.3. The SMILES string of the molecule is Cn1cc2nc(SCC(=O)Nc3cccc(F)c3)n(Cc3ccc(F)cc3)c(=O)c2n1. The highest BCUT2D eigenvalue weighted by Crippen LogP contribution is 2.19. The Balaban J connectivity index is 1.61. The summed E-state index contributed by atoms with van der Waals surface area (Å²) in [6.45, 7) is 0.145. The third kappa shape index (κ3) is 4.80. The molecule has 0 fully saturated rings. The summed E-state index contributed by atoms with van der Waals surface area (Å²) in [7, 11) is 1.69. The lowest BCUT2D eigenvalue weighted by molar-refractivity contribution is -0.113. The van der Waals surface area contributed by atoms with E-state index in [2.05, 4.69) is 15.4 Å². The summed E-state index contributed by atoms with van der Waals surface area (Å²) in [5.74, 6) is -1.25. The molecule has 0 aliphatic rings. The highest BCUT2D eigenvalue weighted by Gasteiger charge is 2.16. The van der Waals surface area contributed by atoms with Crippen LogP contribution in [0.3, 0.4) is 0 Å². The van der Waals surface area contributed by atoms with Crippen LogP contribution in [0, 0.1) is 11.6 Å². The fourth-order valence-corrected chi connectivity index (χ4v) is 3.80. The van der Waals surface area contributed by atoms with E-state index in [9.17, 15) is 18.4 Å². The molecule has 1 N–H and O–H groups in total. The van der Waals surface area contributed by atoms with Gasteiger partial charge in [-0.25, -0.2) is 13.8 Å². The average molecular weight is 441 g/mol. The molecule has 31 heavy (non-hydrogen) atoms. The Morgan fingerprint density at radius 1 is 1.13 bits per heavy atom.